The summed E-state index contributed by atoms with van der Waals surface area (Å²) >= 11 is 0. The average molecular weight is 356 g/mol. The Bertz CT molecular complexity index is 692. The second kappa shape index (κ2) is 10.5. The molecule has 0 amide bonds. The summed E-state index contributed by atoms with van der Waals surface area (Å²) in [4.78, 5) is 11.3. The van der Waals surface area contributed by atoms with Gasteiger partial charge in [-0.3, -0.25) is 4.79 Å². The smallest absolute Gasteiger partial charge is 0.204 e. The van der Waals surface area contributed by atoms with Gasteiger partial charge in [0.2, 0.25) is 5.75 Å². The molecule has 0 bridgehead atoms. The molecule has 0 heterocycles. The zero-order valence-corrected chi connectivity index (χ0v) is 15.9. The maximum atomic E-state index is 11.3. The lowest BCUT2D eigenvalue weighted by molar-refractivity contribution is 0.112. The summed E-state index contributed by atoms with van der Waals surface area (Å²) in [6, 6.07) is 11.3. The summed E-state index contributed by atoms with van der Waals surface area (Å²) in [5, 5.41) is 0. The molecule has 4 heteroatoms. The molecule has 4 nitrogen and oxygen atoms in total. The number of carbonyl (C=O) groups is 1. The van der Waals surface area contributed by atoms with Gasteiger partial charge in [-0.25, -0.2) is 0 Å². The molecule has 0 aliphatic rings. The monoisotopic (exact) mass is 356 g/mol. The lowest BCUT2D eigenvalue weighted by Gasteiger charge is -2.16. The van der Waals surface area contributed by atoms with Crippen molar-refractivity contribution < 1.29 is 19.0 Å². The largest absolute Gasteiger partial charge is 0.493 e. The topological polar surface area (TPSA) is 44.8 Å². The Kier molecular flexibility index (Phi) is 8.00. The Labute approximate surface area is 156 Å². The van der Waals surface area contributed by atoms with E-state index in [1.807, 2.05) is 12.1 Å². The van der Waals surface area contributed by atoms with Gasteiger partial charge in [0.25, 0.3) is 0 Å². The second-order valence-electron chi connectivity index (χ2n) is 6.22. The highest BCUT2D eigenvalue weighted by Crippen LogP contribution is 2.40. The summed E-state index contributed by atoms with van der Waals surface area (Å²) in [5.74, 6) is 2.23. The highest BCUT2D eigenvalue weighted by molar-refractivity contribution is 5.78. The Morgan fingerprint density at radius 1 is 0.962 bits per heavy atom. The molecule has 140 valence electrons. The van der Waals surface area contributed by atoms with Crippen LogP contribution in [0.2, 0.25) is 0 Å². The maximum absolute atomic E-state index is 11.3. The standard InChI is InChI=1S/C22H28O4/c1-4-6-7-13-25-22-20(24-3)14-18(16-23)15-21(22)26-19-11-9-17(8-5-2)10-12-19/h9-12,14-16H,4-8,13H2,1-3H3. The van der Waals surface area contributed by atoms with Crippen molar-refractivity contribution in [3.63, 3.8) is 0 Å². The molecule has 0 atom stereocenters. The van der Waals surface area contributed by atoms with E-state index in [-0.39, 0.29) is 0 Å². The molecule has 26 heavy (non-hydrogen) atoms. The fraction of sp³-hybridized carbons (Fsp3) is 0.409. The lowest BCUT2D eigenvalue weighted by atomic mass is 10.1. The van der Waals surface area contributed by atoms with Crippen LogP contribution in [0.1, 0.15) is 55.5 Å². The van der Waals surface area contributed by atoms with E-state index >= 15 is 0 Å². The molecule has 2 aromatic rings. The average Bonchev–Trinajstić information content (AvgIpc) is 2.67. The second-order valence-corrected chi connectivity index (χ2v) is 6.22. The molecule has 0 aromatic heterocycles. The number of carbonyl (C=O) groups excluding carboxylic acids is 1. The minimum absolute atomic E-state index is 0.486. The molecule has 2 aromatic carbocycles. The fourth-order valence-electron chi connectivity index (χ4n) is 2.70. The predicted octanol–water partition coefficient (Wildman–Crippen LogP) is 5.82. The number of unbranched alkanes of at least 4 members (excludes halogenated alkanes) is 2. The summed E-state index contributed by atoms with van der Waals surface area (Å²) in [5.41, 5.74) is 1.76. The third kappa shape index (κ3) is 5.51. The zero-order valence-electron chi connectivity index (χ0n) is 15.9. The van der Waals surface area contributed by atoms with Crippen LogP contribution in [0.5, 0.6) is 23.0 Å². The van der Waals surface area contributed by atoms with Crippen LogP contribution >= 0.6 is 0 Å². The van der Waals surface area contributed by atoms with Crippen molar-refractivity contribution in [2.45, 2.75) is 46.0 Å². The van der Waals surface area contributed by atoms with Gasteiger partial charge < -0.3 is 14.2 Å². The van der Waals surface area contributed by atoms with E-state index in [0.717, 1.165) is 38.4 Å². The van der Waals surface area contributed by atoms with Crippen molar-refractivity contribution >= 4 is 6.29 Å². The van der Waals surface area contributed by atoms with Crippen LogP contribution in [0.4, 0.5) is 0 Å². The summed E-state index contributed by atoms with van der Waals surface area (Å²) in [6.07, 6.45) is 6.11. The van der Waals surface area contributed by atoms with Gasteiger partial charge in [0, 0.05) is 5.56 Å². The van der Waals surface area contributed by atoms with Crippen LogP contribution in [-0.4, -0.2) is 20.0 Å². The molecule has 0 unspecified atom stereocenters. The van der Waals surface area contributed by atoms with Gasteiger partial charge in [0.1, 0.15) is 12.0 Å². The molecule has 0 saturated carbocycles. The van der Waals surface area contributed by atoms with Crippen molar-refractivity contribution in [2.75, 3.05) is 13.7 Å². The van der Waals surface area contributed by atoms with Crippen LogP contribution in [0, 0.1) is 0 Å². The van der Waals surface area contributed by atoms with Gasteiger partial charge in [0.05, 0.1) is 13.7 Å². The van der Waals surface area contributed by atoms with Gasteiger partial charge in [0.15, 0.2) is 11.5 Å². The SMILES string of the molecule is CCCCCOc1c(OC)cc(C=O)cc1Oc1ccc(CCC)cc1. The minimum atomic E-state index is 0.486. The molecule has 0 N–H and O–H groups in total. The Morgan fingerprint density at radius 3 is 2.31 bits per heavy atom. The van der Waals surface area contributed by atoms with Crippen LogP contribution < -0.4 is 14.2 Å². The zero-order chi connectivity index (χ0) is 18.8. The molecular weight excluding hydrogens is 328 g/mol. The summed E-state index contributed by atoms with van der Waals surface area (Å²) in [6.45, 7) is 4.89. The fourth-order valence-corrected chi connectivity index (χ4v) is 2.70. The van der Waals surface area contributed by atoms with Gasteiger partial charge in [-0.15, -0.1) is 0 Å². The van der Waals surface area contributed by atoms with E-state index in [9.17, 15) is 4.79 Å². The number of methoxy groups -OCH3 is 1. The van der Waals surface area contributed by atoms with E-state index in [4.69, 9.17) is 14.2 Å². The van der Waals surface area contributed by atoms with Crippen molar-refractivity contribution in [1.29, 1.82) is 0 Å². The van der Waals surface area contributed by atoms with Crippen molar-refractivity contribution in [1.82, 2.24) is 0 Å². The quantitative estimate of drug-likeness (QED) is 0.376. The normalized spacial score (nSPS) is 10.4. The van der Waals surface area contributed by atoms with E-state index in [1.165, 1.54) is 5.56 Å². The number of benzene rings is 2. The molecule has 0 fully saturated rings. The van der Waals surface area contributed by atoms with Crippen LogP contribution in [0.15, 0.2) is 36.4 Å². The highest BCUT2D eigenvalue weighted by Gasteiger charge is 2.16. The minimum Gasteiger partial charge on any atom is -0.493 e. The van der Waals surface area contributed by atoms with Gasteiger partial charge >= 0.3 is 0 Å². The first-order valence-electron chi connectivity index (χ1n) is 9.28. The van der Waals surface area contributed by atoms with Crippen molar-refractivity contribution in [2.24, 2.45) is 0 Å². The summed E-state index contributed by atoms with van der Waals surface area (Å²) in [7, 11) is 1.56. The molecule has 0 aliphatic heterocycles. The molecule has 0 spiro atoms. The maximum Gasteiger partial charge on any atom is 0.204 e. The molecule has 0 radical (unpaired) electrons. The van der Waals surface area contributed by atoms with Gasteiger partial charge in [-0.1, -0.05) is 45.2 Å². The molecule has 0 saturated heterocycles. The lowest BCUT2D eigenvalue weighted by Crippen LogP contribution is -2.02. The van der Waals surface area contributed by atoms with E-state index in [0.29, 0.717) is 35.2 Å². The summed E-state index contributed by atoms with van der Waals surface area (Å²) < 4.78 is 17.4. The first-order valence-corrected chi connectivity index (χ1v) is 9.28. The van der Waals surface area contributed by atoms with Gasteiger partial charge in [-0.2, -0.15) is 0 Å². The van der Waals surface area contributed by atoms with Crippen molar-refractivity contribution in [3.05, 3.63) is 47.5 Å². The Hall–Kier alpha value is -2.49. The molecule has 0 aliphatic carbocycles. The number of ether oxygens (including phenoxy) is 3. The van der Waals surface area contributed by atoms with E-state index in [1.54, 1.807) is 19.2 Å². The number of rotatable bonds is 11. The number of hydrogen-bond acceptors (Lipinski definition) is 4. The number of aldehydes is 1. The van der Waals surface area contributed by atoms with Crippen LogP contribution in [0.3, 0.4) is 0 Å². The number of hydrogen-bond donors (Lipinski definition) is 0. The first kappa shape index (κ1) is 19.8. The predicted molar refractivity (Wildman–Crippen MR) is 104 cm³/mol. The van der Waals surface area contributed by atoms with Crippen LogP contribution in [0.25, 0.3) is 0 Å². The highest BCUT2D eigenvalue weighted by atomic mass is 16.5. The Morgan fingerprint density at radius 2 is 1.69 bits per heavy atom. The third-order valence-electron chi connectivity index (χ3n) is 4.08. The third-order valence-corrected chi connectivity index (χ3v) is 4.08. The number of aryl methyl sites for hydroxylation is 1. The molecular formula is C22H28O4. The van der Waals surface area contributed by atoms with Crippen LogP contribution in [-0.2, 0) is 6.42 Å². The van der Waals surface area contributed by atoms with E-state index < -0.39 is 0 Å². The van der Waals surface area contributed by atoms with Gasteiger partial charge in [-0.05, 0) is 42.7 Å². The molecule has 2 rings (SSSR count). The van der Waals surface area contributed by atoms with Crippen molar-refractivity contribution in [3.8, 4) is 23.0 Å². The first-order chi connectivity index (χ1) is 12.7. The van der Waals surface area contributed by atoms with E-state index in [2.05, 4.69) is 26.0 Å². The Balaban J connectivity index is 2.26.